The fourth-order valence-corrected chi connectivity index (χ4v) is 0.697. The minimum Gasteiger partial charge on any atom is -0.436 e. The Hall–Kier alpha value is -0.570. The van der Waals surface area contributed by atoms with Crippen LogP contribution in [0.1, 0.15) is 13.3 Å². The molecular formula is C5H8O3. The molecule has 1 heterocycles. The van der Waals surface area contributed by atoms with Crippen LogP contribution in [0.5, 0.6) is 0 Å². The molecule has 46 valence electrons. The largest absolute Gasteiger partial charge is 0.436 e. The van der Waals surface area contributed by atoms with E-state index in [1.165, 1.54) is 0 Å². The van der Waals surface area contributed by atoms with E-state index < -0.39 is 6.29 Å². The van der Waals surface area contributed by atoms with Crippen molar-refractivity contribution in [2.45, 2.75) is 19.6 Å². The Labute approximate surface area is 47.3 Å². The van der Waals surface area contributed by atoms with Crippen molar-refractivity contribution < 1.29 is 14.6 Å². The van der Waals surface area contributed by atoms with Crippen LogP contribution < -0.4 is 0 Å². The number of ether oxygens (including phenoxy) is 1. The number of esters is 1. The van der Waals surface area contributed by atoms with Crippen LogP contribution in [0.3, 0.4) is 0 Å². The number of carbonyl (C=O) groups is 1. The lowest BCUT2D eigenvalue weighted by molar-refractivity contribution is -0.155. The molecule has 0 aliphatic carbocycles. The first-order chi connectivity index (χ1) is 3.70. The molecule has 0 bridgehead atoms. The summed E-state index contributed by atoms with van der Waals surface area (Å²) in [4.78, 5) is 10.4. The van der Waals surface area contributed by atoms with Crippen LogP contribution in [-0.4, -0.2) is 17.4 Å². The highest BCUT2D eigenvalue weighted by molar-refractivity contribution is 5.73. The molecule has 2 atom stereocenters. The molecule has 0 amide bonds. The molecule has 3 nitrogen and oxygen atoms in total. The van der Waals surface area contributed by atoms with E-state index in [9.17, 15) is 4.79 Å². The Morgan fingerprint density at radius 2 is 2.50 bits per heavy atom. The molecule has 8 heavy (non-hydrogen) atoms. The van der Waals surface area contributed by atoms with Gasteiger partial charge >= 0.3 is 5.97 Å². The molecule has 3 heteroatoms. The van der Waals surface area contributed by atoms with E-state index in [4.69, 9.17) is 5.11 Å². The number of hydrogen-bond donors (Lipinski definition) is 1. The van der Waals surface area contributed by atoms with Crippen molar-refractivity contribution in [3.8, 4) is 0 Å². The summed E-state index contributed by atoms with van der Waals surface area (Å²) in [5.41, 5.74) is 0. The van der Waals surface area contributed by atoms with Crippen molar-refractivity contribution in [1.82, 2.24) is 0 Å². The van der Waals surface area contributed by atoms with Crippen LogP contribution in [0, 0.1) is 5.92 Å². The second-order valence-corrected chi connectivity index (χ2v) is 2.03. The molecule has 0 spiro atoms. The summed E-state index contributed by atoms with van der Waals surface area (Å²) in [6.45, 7) is 1.73. The van der Waals surface area contributed by atoms with Crippen LogP contribution in [0.4, 0.5) is 0 Å². The zero-order chi connectivity index (χ0) is 6.15. The number of aliphatic hydroxyl groups excluding tert-OH is 1. The molecule has 0 aromatic rings. The van der Waals surface area contributed by atoms with Gasteiger partial charge in [-0.3, -0.25) is 4.79 Å². The molecule has 0 saturated carbocycles. The predicted molar refractivity (Wildman–Crippen MR) is 25.9 cm³/mol. The molecule has 1 N–H and O–H groups in total. The van der Waals surface area contributed by atoms with Crippen LogP contribution in [0.15, 0.2) is 0 Å². The van der Waals surface area contributed by atoms with Gasteiger partial charge in [0.25, 0.3) is 0 Å². The minimum absolute atomic E-state index is 0.120. The van der Waals surface area contributed by atoms with Gasteiger partial charge in [0, 0.05) is 6.42 Å². The molecule has 0 aromatic heterocycles. The highest BCUT2D eigenvalue weighted by atomic mass is 16.6. The molecule has 1 aliphatic rings. The first-order valence-electron chi connectivity index (χ1n) is 2.58. The van der Waals surface area contributed by atoms with Crippen molar-refractivity contribution in [2.24, 2.45) is 5.92 Å². The van der Waals surface area contributed by atoms with Gasteiger partial charge < -0.3 is 9.84 Å². The maximum atomic E-state index is 10.4. The zero-order valence-corrected chi connectivity index (χ0v) is 4.63. The van der Waals surface area contributed by atoms with Crippen LogP contribution in [0.2, 0.25) is 0 Å². The molecule has 0 radical (unpaired) electrons. The van der Waals surface area contributed by atoms with Gasteiger partial charge in [-0.05, 0) is 0 Å². The number of carbonyl (C=O) groups excluding carboxylic acids is 1. The van der Waals surface area contributed by atoms with E-state index in [0.29, 0.717) is 6.42 Å². The van der Waals surface area contributed by atoms with Crippen molar-refractivity contribution >= 4 is 5.97 Å². The minimum atomic E-state index is -0.850. The Morgan fingerprint density at radius 1 is 1.88 bits per heavy atom. The smallest absolute Gasteiger partial charge is 0.311 e. The van der Waals surface area contributed by atoms with Gasteiger partial charge in [-0.2, -0.15) is 0 Å². The average molecular weight is 116 g/mol. The van der Waals surface area contributed by atoms with Gasteiger partial charge in [0.05, 0.1) is 5.92 Å². The van der Waals surface area contributed by atoms with Gasteiger partial charge in [-0.25, -0.2) is 0 Å². The van der Waals surface area contributed by atoms with Gasteiger partial charge in [0.1, 0.15) is 0 Å². The van der Waals surface area contributed by atoms with Gasteiger partial charge in [-0.15, -0.1) is 0 Å². The summed E-state index contributed by atoms with van der Waals surface area (Å²) < 4.78 is 4.39. The zero-order valence-electron chi connectivity index (χ0n) is 4.63. The Bertz CT molecular complexity index is 110. The standard InChI is InChI=1S/C5H8O3/c1-3-2-4(6)8-5(3)7/h3-4,6H,2H2,1H3/t3-,4?/m0/s1. The number of aliphatic hydroxyl groups is 1. The highest BCUT2D eigenvalue weighted by Gasteiger charge is 2.28. The van der Waals surface area contributed by atoms with E-state index in [1.807, 2.05) is 0 Å². The lowest BCUT2D eigenvalue weighted by atomic mass is 10.1. The quantitative estimate of drug-likeness (QED) is 0.449. The Balaban J connectivity index is 2.51. The van der Waals surface area contributed by atoms with E-state index in [2.05, 4.69) is 4.74 Å². The van der Waals surface area contributed by atoms with Gasteiger partial charge in [-0.1, -0.05) is 6.92 Å². The Morgan fingerprint density at radius 3 is 2.62 bits per heavy atom. The summed E-state index contributed by atoms with van der Waals surface area (Å²) in [6.07, 6.45) is -0.406. The Kier molecular flexibility index (Phi) is 1.21. The topological polar surface area (TPSA) is 46.5 Å². The highest BCUT2D eigenvalue weighted by Crippen LogP contribution is 2.17. The molecule has 1 unspecified atom stereocenters. The monoisotopic (exact) mass is 116 g/mol. The normalized spacial score (nSPS) is 37.5. The first-order valence-corrected chi connectivity index (χ1v) is 2.58. The fourth-order valence-electron chi connectivity index (χ4n) is 0.697. The molecule has 1 saturated heterocycles. The van der Waals surface area contributed by atoms with Crippen molar-refractivity contribution in [3.05, 3.63) is 0 Å². The molecule has 0 aromatic carbocycles. The van der Waals surface area contributed by atoms with Crippen molar-refractivity contribution in [2.75, 3.05) is 0 Å². The maximum absolute atomic E-state index is 10.4. The lowest BCUT2D eigenvalue weighted by Gasteiger charge is -1.94. The third kappa shape index (κ3) is 0.816. The van der Waals surface area contributed by atoms with Gasteiger partial charge in [0.2, 0.25) is 6.29 Å². The third-order valence-corrected chi connectivity index (χ3v) is 1.21. The van der Waals surface area contributed by atoms with E-state index in [0.717, 1.165) is 0 Å². The summed E-state index contributed by atoms with van der Waals surface area (Å²) >= 11 is 0. The van der Waals surface area contributed by atoms with Crippen LogP contribution >= 0.6 is 0 Å². The van der Waals surface area contributed by atoms with Crippen LogP contribution in [-0.2, 0) is 9.53 Å². The third-order valence-electron chi connectivity index (χ3n) is 1.21. The first kappa shape index (κ1) is 5.56. The fraction of sp³-hybridized carbons (Fsp3) is 0.800. The number of cyclic esters (lactones) is 1. The second-order valence-electron chi connectivity index (χ2n) is 2.03. The van der Waals surface area contributed by atoms with Crippen molar-refractivity contribution in [3.63, 3.8) is 0 Å². The maximum Gasteiger partial charge on any atom is 0.311 e. The molecule has 1 aliphatic heterocycles. The summed E-state index contributed by atoms with van der Waals surface area (Å²) in [5, 5.41) is 8.63. The van der Waals surface area contributed by atoms with E-state index in [1.54, 1.807) is 6.92 Å². The SMILES string of the molecule is C[C@H]1CC(O)OC1=O. The summed E-state index contributed by atoms with van der Waals surface area (Å²) in [7, 11) is 0. The average Bonchev–Trinajstić information content (AvgIpc) is 1.85. The summed E-state index contributed by atoms with van der Waals surface area (Å²) in [5.74, 6) is -0.414. The molecular weight excluding hydrogens is 108 g/mol. The van der Waals surface area contributed by atoms with Crippen LogP contribution in [0.25, 0.3) is 0 Å². The molecule has 1 rings (SSSR count). The molecule has 1 fully saturated rings. The second kappa shape index (κ2) is 1.74. The number of hydrogen-bond acceptors (Lipinski definition) is 3. The lowest BCUT2D eigenvalue weighted by Crippen LogP contribution is -2.04. The van der Waals surface area contributed by atoms with Gasteiger partial charge in [0.15, 0.2) is 0 Å². The van der Waals surface area contributed by atoms with Crippen molar-refractivity contribution in [1.29, 1.82) is 0 Å². The van der Waals surface area contributed by atoms with E-state index in [-0.39, 0.29) is 11.9 Å². The predicted octanol–water partition coefficient (Wildman–Crippen LogP) is -0.112. The summed E-state index contributed by atoms with van der Waals surface area (Å²) in [6, 6.07) is 0. The number of rotatable bonds is 0. The van der Waals surface area contributed by atoms with E-state index >= 15 is 0 Å².